The number of halogens is 1. The maximum atomic E-state index is 13.7. The molecule has 0 saturated carbocycles. The van der Waals surface area contributed by atoms with Crippen LogP contribution in [0, 0.1) is 17.7 Å². The van der Waals surface area contributed by atoms with Crippen molar-refractivity contribution in [2.24, 2.45) is 11.8 Å². The fraction of sp³-hybridized carbons (Fsp3) is 0.321. The normalized spacial score (nSPS) is 21.4. The SMILES string of the molecule is COC(=O)[C@H]1C(=O)C2=C(C[C@H]1C)NC(C)=C(C(=O)OCCOc1ccccc1)[C@H]2c1ccc(F)cc1. The number of esters is 2. The standard InChI is InChI=1S/C28H28FNO6/c1-16-15-21-25(26(31)22(16)27(32)34-3)24(18-9-11-19(29)12-10-18)23(17(2)30-21)28(33)36-14-13-35-20-7-5-4-6-8-20/h4-12,16,22,24,30H,13-15H2,1-3H3/t16-,22-,24-/m1/s1. The quantitative estimate of drug-likeness (QED) is 0.353. The highest BCUT2D eigenvalue weighted by molar-refractivity contribution is 6.12. The summed E-state index contributed by atoms with van der Waals surface area (Å²) < 4.78 is 29.7. The Morgan fingerprint density at radius 1 is 1.06 bits per heavy atom. The smallest absolute Gasteiger partial charge is 0.336 e. The molecule has 8 heteroatoms. The number of para-hydroxylation sites is 1. The number of Topliss-reactive ketones (excluding diaryl/α,β-unsaturated/α-hetero) is 1. The molecule has 1 heterocycles. The number of carbonyl (C=O) groups excluding carboxylic acids is 3. The van der Waals surface area contributed by atoms with Crippen LogP contribution in [-0.4, -0.2) is 38.0 Å². The minimum Gasteiger partial charge on any atom is -0.490 e. The predicted molar refractivity (Wildman–Crippen MR) is 129 cm³/mol. The first-order chi connectivity index (χ1) is 17.3. The van der Waals surface area contributed by atoms with Crippen molar-refractivity contribution in [3.8, 4) is 5.75 Å². The molecular formula is C28H28FNO6. The number of ketones is 1. The van der Waals surface area contributed by atoms with Gasteiger partial charge in [-0.05, 0) is 49.1 Å². The van der Waals surface area contributed by atoms with Crippen LogP contribution in [-0.2, 0) is 23.9 Å². The lowest BCUT2D eigenvalue weighted by Gasteiger charge is -2.38. The molecule has 7 nitrogen and oxygen atoms in total. The number of hydrogen-bond donors (Lipinski definition) is 1. The largest absolute Gasteiger partial charge is 0.490 e. The van der Waals surface area contributed by atoms with E-state index in [0.29, 0.717) is 34.7 Å². The van der Waals surface area contributed by atoms with E-state index in [1.807, 2.05) is 25.1 Å². The second kappa shape index (κ2) is 10.8. The van der Waals surface area contributed by atoms with Crippen molar-refractivity contribution in [3.05, 3.63) is 88.5 Å². The van der Waals surface area contributed by atoms with Crippen LogP contribution >= 0.6 is 0 Å². The van der Waals surface area contributed by atoms with Gasteiger partial charge in [0.2, 0.25) is 0 Å². The van der Waals surface area contributed by atoms with Crippen LogP contribution in [0.2, 0.25) is 0 Å². The average molecular weight is 494 g/mol. The van der Waals surface area contributed by atoms with Crippen LogP contribution in [0.25, 0.3) is 0 Å². The van der Waals surface area contributed by atoms with Crippen molar-refractivity contribution >= 4 is 17.7 Å². The number of methoxy groups -OCH3 is 1. The molecule has 1 aliphatic heterocycles. The van der Waals surface area contributed by atoms with Crippen molar-refractivity contribution in [1.82, 2.24) is 5.32 Å². The molecule has 0 fully saturated rings. The summed E-state index contributed by atoms with van der Waals surface area (Å²) >= 11 is 0. The highest BCUT2D eigenvalue weighted by atomic mass is 19.1. The minimum absolute atomic E-state index is 0.0116. The summed E-state index contributed by atoms with van der Waals surface area (Å²) in [7, 11) is 1.24. The Balaban J connectivity index is 1.63. The van der Waals surface area contributed by atoms with Crippen molar-refractivity contribution in [3.63, 3.8) is 0 Å². The first-order valence-electron chi connectivity index (χ1n) is 11.7. The van der Waals surface area contributed by atoms with Crippen LogP contribution in [0.3, 0.4) is 0 Å². The van der Waals surface area contributed by atoms with E-state index in [1.54, 1.807) is 19.1 Å². The van der Waals surface area contributed by atoms with Crippen molar-refractivity contribution in [2.45, 2.75) is 26.2 Å². The number of nitrogens with one attached hydrogen (secondary N) is 1. The molecule has 2 aliphatic rings. The maximum absolute atomic E-state index is 13.7. The Labute approximate surface area is 208 Å². The molecule has 0 saturated heterocycles. The summed E-state index contributed by atoms with van der Waals surface area (Å²) in [4.78, 5) is 39.4. The van der Waals surface area contributed by atoms with Crippen LogP contribution in [0.4, 0.5) is 4.39 Å². The summed E-state index contributed by atoms with van der Waals surface area (Å²) in [5.41, 5.74) is 2.25. The number of carbonyl (C=O) groups is 3. The lowest BCUT2D eigenvalue weighted by atomic mass is 9.69. The third kappa shape index (κ3) is 5.03. The monoisotopic (exact) mass is 493 g/mol. The van der Waals surface area contributed by atoms with E-state index in [4.69, 9.17) is 14.2 Å². The molecule has 0 unspecified atom stereocenters. The second-order valence-corrected chi connectivity index (χ2v) is 8.88. The third-order valence-corrected chi connectivity index (χ3v) is 6.49. The van der Waals surface area contributed by atoms with Gasteiger partial charge in [-0.2, -0.15) is 0 Å². The fourth-order valence-electron chi connectivity index (χ4n) is 4.83. The predicted octanol–water partition coefficient (Wildman–Crippen LogP) is 4.06. The number of benzene rings is 2. The Bertz CT molecular complexity index is 1220. The molecule has 0 amide bonds. The lowest BCUT2D eigenvalue weighted by Crippen LogP contribution is -2.43. The van der Waals surface area contributed by atoms with E-state index in [0.717, 1.165) is 0 Å². The number of hydrogen-bond acceptors (Lipinski definition) is 7. The molecular weight excluding hydrogens is 465 g/mol. The topological polar surface area (TPSA) is 90.9 Å². The lowest BCUT2D eigenvalue weighted by molar-refractivity contribution is -0.151. The minimum atomic E-state index is -0.992. The van der Waals surface area contributed by atoms with E-state index >= 15 is 0 Å². The van der Waals surface area contributed by atoms with Gasteiger partial charge < -0.3 is 19.5 Å². The molecule has 0 radical (unpaired) electrons. The molecule has 36 heavy (non-hydrogen) atoms. The van der Waals surface area contributed by atoms with E-state index in [9.17, 15) is 18.8 Å². The van der Waals surface area contributed by atoms with Gasteiger partial charge in [-0.25, -0.2) is 9.18 Å². The Kier molecular flexibility index (Phi) is 7.52. The molecule has 3 atom stereocenters. The highest BCUT2D eigenvalue weighted by Crippen LogP contribution is 2.45. The van der Waals surface area contributed by atoms with Gasteiger partial charge in [0.1, 0.15) is 30.7 Å². The van der Waals surface area contributed by atoms with Crippen LogP contribution < -0.4 is 10.1 Å². The van der Waals surface area contributed by atoms with E-state index in [1.165, 1.54) is 31.4 Å². The molecule has 0 bridgehead atoms. The summed E-state index contributed by atoms with van der Waals surface area (Å²) in [6.45, 7) is 3.68. The first-order valence-corrected chi connectivity index (χ1v) is 11.7. The molecule has 188 valence electrons. The van der Waals surface area contributed by atoms with Gasteiger partial charge in [-0.3, -0.25) is 9.59 Å². The molecule has 0 spiro atoms. The number of allylic oxidation sites excluding steroid dienone is 3. The van der Waals surface area contributed by atoms with Crippen molar-refractivity contribution < 1.29 is 33.0 Å². The fourth-order valence-corrected chi connectivity index (χ4v) is 4.83. The molecule has 1 N–H and O–H groups in total. The van der Waals surface area contributed by atoms with E-state index in [2.05, 4.69) is 5.32 Å². The van der Waals surface area contributed by atoms with E-state index < -0.39 is 35.4 Å². The maximum Gasteiger partial charge on any atom is 0.336 e. The highest BCUT2D eigenvalue weighted by Gasteiger charge is 2.47. The van der Waals surface area contributed by atoms with Crippen LogP contribution in [0.5, 0.6) is 5.75 Å². The molecule has 2 aromatic rings. The van der Waals surface area contributed by atoms with E-state index in [-0.39, 0.29) is 24.7 Å². The van der Waals surface area contributed by atoms with Crippen molar-refractivity contribution in [2.75, 3.05) is 20.3 Å². The van der Waals surface area contributed by atoms with Gasteiger partial charge in [-0.1, -0.05) is 37.3 Å². The zero-order valence-corrected chi connectivity index (χ0v) is 20.4. The Morgan fingerprint density at radius 3 is 2.42 bits per heavy atom. The molecule has 2 aromatic carbocycles. The first kappa shape index (κ1) is 25.2. The third-order valence-electron chi connectivity index (χ3n) is 6.49. The number of dihydropyridines is 1. The van der Waals surface area contributed by atoms with Crippen LogP contribution in [0.15, 0.2) is 77.1 Å². The van der Waals surface area contributed by atoms with Gasteiger partial charge >= 0.3 is 11.9 Å². The Morgan fingerprint density at radius 2 is 1.75 bits per heavy atom. The number of ether oxygens (including phenoxy) is 3. The summed E-state index contributed by atoms with van der Waals surface area (Å²) in [6.07, 6.45) is 0.420. The summed E-state index contributed by atoms with van der Waals surface area (Å²) in [6, 6.07) is 14.8. The number of rotatable bonds is 7. The van der Waals surface area contributed by atoms with Gasteiger partial charge in [0, 0.05) is 22.9 Å². The van der Waals surface area contributed by atoms with Gasteiger partial charge in [-0.15, -0.1) is 0 Å². The molecule has 1 aliphatic carbocycles. The summed E-state index contributed by atoms with van der Waals surface area (Å²) in [5.74, 6) is -3.56. The second-order valence-electron chi connectivity index (χ2n) is 8.88. The average Bonchev–Trinajstić information content (AvgIpc) is 2.86. The molecule has 4 rings (SSSR count). The zero-order chi connectivity index (χ0) is 25.8. The van der Waals surface area contributed by atoms with Gasteiger partial charge in [0.05, 0.1) is 12.7 Å². The molecule has 0 aromatic heterocycles. The van der Waals surface area contributed by atoms with Crippen LogP contribution in [0.1, 0.15) is 31.7 Å². The van der Waals surface area contributed by atoms with Gasteiger partial charge in [0.15, 0.2) is 5.78 Å². The summed E-state index contributed by atoms with van der Waals surface area (Å²) in [5, 5.41) is 3.20. The Hall–Kier alpha value is -3.94. The van der Waals surface area contributed by atoms with Crippen molar-refractivity contribution in [1.29, 1.82) is 0 Å². The zero-order valence-electron chi connectivity index (χ0n) is 20.4. The van der Waals surface area contributed by atoms with Gasteiger partial charge in [0.25, 0.3) is 0 Å².